The molecule has 0 spiro atoms. The van der Waals surface area contributed by atoms with Gasteiger partial charge in [0.25, 0.3) is 0 Å². The highest BCUT2D eigenvalue weighted by Gasteiger charge is 2.31. The van der Waals surface area contributed by atoms with Crippen LogP contribution in [0.5, 0.6) is 5.75 Å². The first-order valence-electron chi connectivity index (χ1n) is 10.1. The number of ketones is 1. The summed E-state index contributed by atoms with van der Waals surface area (Å²) in [5.41, 5.74) is 0.873. The van der Waals surface area contributed by atoms with E-state index in [4.69, 9.17) is 19.5 Å². The van der Waals surface area contributed by atoms with Crippen LogP contribution in [0.1, 0.15) is 25.8 Å². The topological polar surface area (TPSA) is 115 Å². The van der Waals surface area contributed by atoms with Crippen molar-refractivity contribution < 1.29 is 28.5 Å². The van der Waals surface area contributed by atoms with Crippen LogP contribution in [0.15, 0.2) is 36.4 Å². The van der Waals surface area contributed by atoms with Gasteiger partial charge < -0.3 is 19.4 Å². The molecule has 2 aliphatic rings. The Morgan fingerprint density at radius 2 is 1.97 bits per heavy atom. The largest absolute Gasteiger partial charge is 0.555 e. The normalized spacial score (nSPS) is 22.4. The molecule has 1 aromatic carbocycles. The molecule has 0 aromatic heterocycles. The molecule has 0 aliphatic carbocycles. The summed E-state index contributed by atoms with van der Waals surface area (Å²) in [5, 5.41) is 9.88. The SMILES string of the molecule is COC(=O)[C@@H]1C=CCOc2ccc(cc2)C[C@H]([B]OC=N)C(=O)N[C@@H](C(C)C)C(=O)C1. The lowest BCUT2D eigenvalue weighted by Crippen LogP contribution is -2.47. The van der Waals surface area contributed by atoms with E-state index in [0.29, 0.717) is 12.2 Å². The highest BCUT2D eigenvalue weighted by atomic mass is 16.5. The van der Waals surface area contributed by atoms with Gasteiger partial charge in [0.2, 0.25) is 5.91 Å². The van der Waals surface area contributed by atoms with Gasteiger partial charge in [-0.15, -0.1) is 0 Å². The Hall–Kier alpha value is -3.10. The lowest BCUT2D eigenvalue weighted by molar-refractivity contribution is -0.145. The maximum Gasteiger partial charge on any atom is 0.384 e. The van der Waals surface area contributed by atoms with Crippen LogP contribution in [0.4, 0.5) is 0 Å². The van der Waals surface area contributed by atoms with Crippen molar-refractivity contribution >= 4 is 31.5 Å². The number of rotatable bonds is 5. The first kappa shape index (κ1) is 24.2. The molecule has 0 saturated carbocycles. The molecule has 2 N–H and O–H groups in total. The average Bonchev–Trinajstić information content (AvgIpc) is 2.76. The third-order valence-corrected chi connectivity index (χ3v) is 4.98. The molecule has 9 heteroatoms. The molecule has 2 heterocycles. The number of Topliss-reactive ketones (excluding diaryl/α,β-unsaturated/α-hetero) is 1. The smallest absolute Gasteiger partial charge is 0.384 e. The van der Waals surface area contributed by atoms with E-state index in [1.165, 1.54) is 14.6 Å². The zero-order valence-corrected chi connectivity index (χ0v) is 18.0. The van der Waals surface area contributed by atoms with Crippen molar-refractivity contribution in [2.24, 2.45) is 11.8 Å². The number of hydrogen-bond acceptors (Lipinski definition) is 7. The maximum atomic E-state index is 13.0. The molecule has 8 nitrogen and oxygen atoms in total. The first-order valence-corrected chi connectivity index (χ1v) is 10.1. The number of amides is 1. The molecule has 1 radical (unpaired) electrons. The predicted molar refractivity (Wildman–Crippen MR) is 116 cm³/mol. The molecular weight excluding hydrogens is 399 g/mol. The number of methoxy groups -OCH3 is 1. The van der Waals surface area contributed by atoms with Gasteiger partial charge in [0, 0.05) is 6.42 Å². The minimum Gasteiger partial charge on any atom is -0.555 e. The number of carbonyl (C=O) groups excluding carboxylic acids is 3. The van der Waals surface area contributed by atoms with Crippen molar-refractivity contribution in [2.75, 3.05) is 13.7 Å². The second kappa shape index (κ2) is 11.9. The fraction of sp³-hybridized carbons (Fsp3) is 0.455. The standard InChI is InChI=1S/C22H28BN2O6/c1-14(2)20-19(26)12-16(22(28)29-3)5-4-10-30-17-8-6-15(7-9-17)11-18(21(27)25-20)23-31-13-24/h4-9,13-14,16,18,20,24H,10-12H2,1-3H3,(H,25,27)/t16-,18+,20+/m1/s1. The number of hydrogen-bond donors (Lipinski definition) is 2. The molecule has 31 heavy (non-hydrogen) atoms. The van der Waals surface area contributed by atoms with E-state index in [1.807, 2.05) is 26.0 Å². The Balaban J connectivity index is 2.36. The average molecular weight is 427 g/mol. The van der Waals surface area contributed by atoms with Gasteiger partial charge in [-0.2, -0.15) is 0 Å². The number of fused-ring (bicyclic) bond motifs is 12. The molecule has 1 amide bonds. The van der Waals surface area contributed by atoms with Crippen molar-refractivity contribution in [3.8, 4) is 5.75 Å². The van der Waals surface area contributed by atoms with Gasteiger partial charge in [0.1, 0.15) is 18.8 Å². The van der Waals surface area contributed by atoms with Crippen LogP contribution in [-0.2, 0) is 30.2 Å². The monoisotopic (exact) mass is 427 g/mol. The quantitative estimate of drug-likeness (QED) is 0.245. The summed E-state index contributed by atoms with van der Waals surface area (Å²) in [6.45, 7) is 3.88. The number of benzene rings is 1. The molecule has 0 unspecified atom stereocenters. The minimum absolute atomic E-state index is 0.106. The Morgan fingerprint density at radius 1 is 1.26 bits per heavy atom. The van der Waals surface area contributed by atoms with Crippen LogP contribution in [0.25, 0.3) is 0 Å². The number of ether oxygens (including phenoxy) is 2. The molecule has 3 rings (SSSR count). The Morgan fingerprint density at radius 3 is 2.58 bits per heavy atom. The van der Waals surface area contributed by atoms with E-state index in [0.717, 1.165) is 12.0 Å². The van der Waals surface area contributed by atoms with Gasteiger partial charge in [-0.05, 0) is 30.0 Å². The van der Waals surface area contributed by atoms with E-state index in [-0.39, 0.29) is 24.7 Å². The van der Waals surface area contributed by atoms with Crippen molar-refractivity contribution in [3.05, 3.63) is 42.0 Å². The van der Waals surface area contributed by atoms with Gasteiger partial charge in [-0.25, -0.2) is 0 Å². The summed E-state index contributed by atoms with van der Waals surface area (Å²) in [5.74, 6) is -2.26. The van der Waals surface area contributed by atoms with Crippen molar-refractivity contribution in [2.45, 2.75) is 38.5 Å². The molecule has 3 atom stereocenters. The Kier molecular flexibility index (Phi) is 9.30. The highest BCUT2D eigenvalue weighted by Crippen LogP contribution is 2.20. The van der Waals surface area contributed by atoms with E-state index >= 15 is 0 Å². The molecule has 0 saturated heterocycles. The summed E-state index contributed by atoms with van der Waals surface area (Å²) < 4.78 is 15.4. The lowest BCUT2D eigenvalue weighted by Gasteiger charge is -2.25. The summed E-state index contributed by atoms with van der Waals surface area (Å²) in [6.07, 6.45) is 4.23. The second-order valence-electron chi connectivity index (χ2n) is 7.61. The zero-order valence-electron chi connectivity index (χ0n) is 18.0. The van der Waals surface area contributed by atoms with E-state index < -0.39 is 29.7 Å². The molecule has 2 bridgehead atoms. The van der Waals surface area contributed by atoms with Gasteiger partial charge in [-0.1, -0.05) is 38.1 Å². The molecular formula is C22H28BN2O6. The summed E-state index contributed by atoms with van der Waals surface area (Å²) >= 11 is 0. The van der Waals surface area contributed by atoms with Crippen molar-refractivity contribution in [1.29, 1.82) is 5.41 Å². The van der Waals surface area contributed by atoms with Gasteiger partial charge >= 0.3 is 13.5 Å². The Labute approximate surface area is 183 Å². The minimum atomic E-state index is -0.782. The molecule has 0 fully saturated rings. The van der Waals surface area contributed by atoms with Crippen molar-refractivity contribution in [1.82, 2.24) is 5.32 Å². The van der Waals surface area contributed by atoms with Gasteiger partial charge in [0.15, 0.2) is 5.78 Å². The highest BCUT2D eigenvalue weighted by molar-refractivity contribution is 6.39. The third kappa shape index (κ3) is 7.27. The fourth-order valence-corrected chi connectivity index (χ4v) is 3.28. The predicted octanol–water partition coefficient (Wildman–Crippen LogP) is 2.10. The van der Waals surface area contributed by atoms with Crippen LogP contribution in [0, 0.1) is 17.2 Å². The molecule has 165 valence electrons. The Bertz CT molecular complexity index is 809. The van der Waals surface area contributed by atoms with Crippen LogP contribution in [0.3, 0.4) is 0 Å². The van der Waals surface area contributed by atoms with Crippen LogP contribution in [0.2, 0.25) is 5.82 Å². The van der Waals surface area contributed by atoms with Crippen molar-refractivity contribution in [3.63, 3.8) is 0 Å². The van der Waals surface area contributed by atoms with Gasteiger partial charge in [-0.3, -0.25) is 19.8 Å². The maximum absolute atomic E-state index is 13.0. The summed E-state index contributed by atoms with van der Waals surface area (Å²) in [6, 6.07) is 6.48. The second-order valence-corrected chi connectivity index (χ2v) is 7.61. The molecule has 2 aliphatic heterocycles. The zero-order chi connectivity index (χ0) is 22.8. The first-order chi connectivity index (χ1) is 14.8. The van der Waals surface area contributed by atoms with Crippen LogP contribution < -0.4 is 10.1 Å². The third-order valence-electron chi connectivity index (χ3n) is 4.98. The van der Waals surface area contributed by atoms with Crippen LogP contribution in [-0.4, -0.2) is 51.3 Å². The van der Waals surface area contributed by atoms with E-state index in [9.17, 15) is 14.4 Å². The number of nitrogens with one attached hydrogen (secondary N) is 2. The number of carbonyl (C=O) groups is 3. The van der Waals surface area contributed by atoms with E-state index in [1.54, 1.807) is 24.3 Å². The number of esters is 1. The lowest BCUT2D eigenvalue weighted by atomic mass is 9.74. The van der Waals surface area contributed by atoms with Crippen LogP contribution >= 0.6 is 0 Å². The van der Waals surface area contributed by atoms with Gasteiger partial charge in [0.05, 0.1) is 24.9 Å². The summed E-state index contributed by atoms with van der Waals surface area (Å²) in [7, 11) is 2.54. The fourth-order valence-electron chi connectivity index (χ4n) is 3.28. The van der Waals surface area contributed by atoms with E-state index in [2.05, 4.69) is 5.32 Å². The summed E-state index contributed by atoms with van der Waals surface area (Å²) in [4.78, 5) is 38.1. The molecule has 1 aromatic rings.